The van der Waals surface area contributed by atoms with Crippen molar-refractivity contribution in [2.24, 2.45) is 0 Å². The largest absolute Gasteiger partial charge is 0.493 e. The highest BCUT2D eigenvalue weighted by molar-refractivity contribution is 9.10. The minimum Gasteiger partial charge on any atom is -0.493 e. The summed E-state index contributed by atoms with van der Waals surface area (Å²) in [5, 5.41) is 2.86. The molecule has 0 fully saturated rings. The van der Waals surface area contributed by atoms with Gasteiger partial charge in [-0.25, -0.2) is 0 Å². The summed E-state index contributed by atoms with van der Waals surface area (Å²) in [5.74, 6) is 1.78. The van der Waals surface area contributed by atoms with Crippen LogP contribution in [0.3, 0.4) is 0 Å². The molecular weight excluding hydrogens is 382 g/mol. The average Bonchev–Trinajstić information content (AvgIpc) is 2.64. The van der Waals surface area contributed by atoms with Gasteiger partial charge in [-0.3, -0.25) is 4.79 Å². The first-order valence-corrected chi connectivity index (χ1v) is 8.43. The van der Waals surface area contributed by atoms with Crippen molar-refractivity contribution in [2.75, 3.05) is 12.4 Å². The second-order valence-corrected chi connectivity index (χ2v) is 6.07. The fraction of sp³-hybridized carbons (Fsp3) is 0.0500. The minimum absolute atomic E-state index is 0.175. The van der Waals surface area contributed by atoms with Gasteiger partial charge in [-0.2, -0.15) is 0 Å². The van der Waals surface area contributed by atoms with Gasteiger partial charge in [0.1, 0.15) is 5.75 Å². The van der Waals surface area contributed by atoms with Crippen molar-refractivity contribution in [2.45, 2.75) is 0 Å². The van der Waals surface area contributed by atoms with Gasteiger partial charge in [0.05, 0.1) is 12.7 Å². The van der Waals surface area contributed by atoms with Crippen LogP contribution in [0.5, 0.6) is 17.2 Å². The molecule has 126 valence electrons. The smallest absolute Gasteiger partial charge is 0.256 e. The van der Waals surface area contributed by atoms with Crippen LogP contribution in [0.2, 0.25) is 0 Å². The molecule has 0 heterocycles. The van der Waals surface area contributed by atoms with Crippen LogP contribution in [0.4, 0.5) is 5.69 Å². The molecular formula is C20H16BrNO3. The van der Waals surface area contributed by atoms with Gasteiger partial charge in [0.15, 0.2) is 11.5 Å². The van der Waals surface area contributed by atoms with Crippen LogP contribution >= 0.6 is 15.9 Å². The number of hydrogen-bond donors (Lipinski definition) is 1. The Hall–Kier alpha value is -2.79. The molecule has 5 heteroatoms. The van der Waals surface area contributed by atoms with Gasteiger partial charge in [-0.05, 0) is 64.5 Å². The maximum atomic E-state index is 12.3. The van der Waals surface area contributed by atoms with Crippen molar-refractivity contribution >= 4 is 27.5 Å². The Bertz CT molecular complexity index is 878. The number of ether oxygens (including phenoxy) is 2. The van der Waals surface area contributed by atoms with E-state index in [2.05, 4.69) is 21.2 Å². The number of amides is 1. The van der Waals surface area contributed by atoms with Crippen molar-refractivity contribution in [1.82, 2.24) is 0 Å². The molecule has 0 unspecified atom stereocenters. The van der Waals surface area contributed by atoms with Crippen LogP contribution in [0.1, 0.15) is 10.4 Å². The zero-order valence-corrected chi connectivity index (χ0v) is 15.1. The summed E-state index contributed by atoms with van der Waals surface area (Å²) < 4.78 is 11.8. The Morgan fingerprint density at radius 2 is 1.52 bits per heavy atom. The third-order valence-corrected chi connectivity index (χ3v) is 4.22. The summed E-state index contributed by atoms with van der Waals surface area (Å²) in [7, 11) is 1.60. The monoisotopic (exact) mass is 397 g/mol. The molecule has 0 saturated carbocycles. The van der Waals surface area contributed by atoms with Gasteiger partial charge < -0.3 is 14.8 Å². The van der Waals surface area contributed by atoms with Crippen molar-refractivity contribution in [3.8, 4) is 17.2 Å². The fourth-order valence-electron chi connectivity index (χ4n) is 2.28. The first kappa shape index (κ1) is 17.0. The van der Waals surface area contributed by atoms with Gasteiger partial charge in [-0.15, -0.1) is 0 Å². The first-order valence-electron chi connectivity index (χ1n) is 7.64. The Morgan fingerprint density at radius 3 is 2.20 bits per heavy atom. The molecule has 0 bridgehead atoms. The van der Waals surface area contributed by atoms with E-state index in [1.165, 1.54) is 0 Å². The number of carbonyl (C=O) groups excluding carboxylic acids is 1. The summed E-state index contributed by atoms with van der Waals surface area (Å²) in [6.07, 6.45) is 0. The molecule has 1 amide bonds. The van der Waals surface area contributed by atoms with Crippen LogP contribution in [-0.2, 0) is 0 Å². The van der Waals surface area contributed by atoms with Crippen molar-refractivity contribution < 1.29 is 14.3 Å². The van der Waals surface area contributed by atoms with E-state index in [-0.39, 0.29) is 5.91 Å². The Kier molecular flexibility index (Phi) is 5.36. The zero-order chi connectivity index (χ0) is 17.6. The summed E-state index contributed by atoms with van der Waals surface area (Å²) in [5.41, 5.74) is 1.27. The van der Waals surface area contributed by atoms with E-state index in [4.69, 9.17) is 9.47 Å². The number of nitrogens with one attached hydrogen (secondary N) is 1. The Balaban J connectivity index is 1.70. The van der Waals surface area contributed by atoms with E-state index < -0.39 is 0 Å². The normalized spacial score (nSPS) is 10.2. The summed E-state index contributed by atoms with van der Waals surface area (Å²) in [6, 6.07) is 21.9. The zero-order valence-electron chi connectivity index (χ0n) is 13.5. The molecule has 3 aromatic rings. The first-order chi connectivity index (χ1) is 12.2. The summed E-state index contributed by atoms with van der Waals surface area (Å²) in [4.78, 5) is 12.3. The van der Waals surface area contributed by atoms with Gasteiger partial charge >= 0.3 is 0 Å². The second-order valence-electron chi connectivity index (χ2n) is 5.21. The maximum absolute atomic E-state index is 12.3. The number of anilines is 1. The van der Waals surface area contributed by atoms with Gasteiger partial charge in [0.25, 0.3) is 5.91 Å². The van der Waals surface area contributed by atoms with Gasteiger partial charge in [-0.1, -0.05) is 24.3 Å². The van der Waals surface area contributed by atoms with Crippen molar-refractivity contribution in [3.05, 3.63) is 82.8 Å². The molecule has 0 radical (unpaired) electrons. The molecule has 0 spiro atoms. The number of halogens is 1. The molecule has 0 aromatic heterocycles. The highest BCUT2D eigenvalue weighted by atomic mass is 79.9. The predicted molar refractivity (Wildman–Crippen MR) is 102 cm³/mol. The van der Waals surface area contributed by atoms with Gasteiger partial charge in [0.2, 0.25) is 0 Å². The SMILES string of the molecule is COc1ccccc1Oc1ccc(NC(=O)c2ccccc2Br)cc1. The maximum Gasteiger partial charge on any atom is 0.256 e. The molecule has 0 aliphatic carbocycles. The van der Waals surface area contributed by atoms with E-state index in [0.29, 0.717) is 28.5 Å². The molecule has 3 aromatic carbocycles. The standard InChI is InChI=1S/C20H16BrNO3/c1-24-18-8-4-5-9-19(18)25-15-12-10-14(11-13-15)22-20(23)16-6-2-3-7-17(16)21/h2-13H,1H3,(H,22,23). The number of para-hydroxylation sites is 2. The van der Waals surface area contributed by atoms with Crippen LogP contribution in [-0.4, -0.2) is 13.0 Å². The Morgan fingerprint density at radius 1 is 0.880 bits per heavy atom. The highest BCUT2D eigenvalue weighted by Gasteiger charge is 2.10. The number of benzene rings is 3. The lowest BCUT2D eigenvalue weighted by atomic mass is 10.2. The van der Waals surface area contributed by atoms with Crippen molar-refractivity contribution in [3.63, 3.8) is 0 Å². The van der Waals surface area contributed by atoms with Crippen LogP contribution in [0.15, 0.2) is 77.3 Å². The number of rotatable bonds is 5. The van der Waals surface area contributed by atoms with E-state index >= 15 is 0 Å². The minimum atomic E-state index is -0.175. The quantitative estimate of drug-likeness (QED) is 0.617. The van der Waals surface area contributed by atoms with Crippen LogP contribution in [0.25, 0.3) is 0 Å². The van der Waals surface area contributed by atoms with Crippen LogP contribution in [0, 0.1) is 0 Å². The topological polar surface area (TPSA) is 47.6 Å². The molecule has 0 atom stereocenters. The van der Waals surface area contributed by atoms with Crippen molar-refractivity contribution in [1.29, 1.82) is 0 Å². The third-order valence-electron chi connectivity index (χ3n) is 3.53. The summed E-state index contributed by atoms with van der Waals surface area (Å²) in [6.45, 7) is 0. The number of hydrogen-bond acceptors (Lipinski definition) is 3. The lowest BCUT2D eigenvalue weighted by molar-refractivity contribution is 0.102. The fourth-order valence-corrected chi connectivity index (χ4v) is 2.75. The number of methoxy groups -OCH3 is 1. The predicted octanol–water partition coefficient (Wildman–Crippen LogP) is 5.50. The van der Waals surface area contributed by atoms with Gasteiger partial charge in [0, 0.05) is 10.2 Å². The Labute approximate surface area is 154 Å². The molecule has 0 aliphatic heterocycles. The van der Waals surface area contributed by atoms with E-state index in [1.54, 1.807) is 37.4 Å². The molecule has 25 heavy (non-hydrogen) atoms. The molecule has 3 rings (SSSR count). The van der Waals surface area contributed by atoms with E-state index in [9.17, 15) is 4.79 Å². The van der Waals surface area contributed by atoms with E-state index in [1.807, 2.05) is 42.5 Å². The third kappa shape index (κ3) is 4.19. The molecule has 1 N–H and O–H groups in total. The summed E-state index contributed by atoms with van der Waals surface area (Å²) >= 11 is 3.38. The average molecular weight is 398 g/mol. The van der Waals surface area contributed by atoms with Crippen LogP contribution < -0.4 is 14.8 Å². The second kappa shape index (κ2) is 7.85. The highest BCUT2D eigenvalue weighted by Crippen LogP contribution is 2.31. The molecule has 0 saturated heterocycles. The lowest BCUT2D eigenvalue weighted by Crippen LogP contribution is -2.12. The lowest BCUT2D eigenvalue weighted by Gasteiger charge is -2.11. The molecule has 4 nitrogen and oxygen atoms in total. The number of carbonyl (C=O) groups is 1. The van der Waals surface area contributed by atoms with E-state index in [0.717, 1.165) is 4.47 Å². The molecule has 0 aliphatic rings.